The molecule has 1 aromatic heterocycles. The summed E-state index contributed by atoms with van der Waals surface area (Å²) in [5, 5.41) is 9.09. The summed E-state index contributed by atoms with van der Waals surface area (Å²) >= 11 is 5.50. The Balaban J connectivity index is 2.84. The van der Waals surface area contributed by atoms with Crippen molar-refractivity contribution < 1.29 is 5.11 Å². The lowest BCUT2D eigenvalue weighted by atomic mass is 10.5. The lowest BCUT2D eigenvalue weighted by molar-refractivity contribution is 0.277. The Morgan fingerprint density at radius 3 is 2.75 bits per heavy atom. The summed E-state index contributed by atoms with van der Waals surface area (Å²) in [6, 6.07) is 1.68. The molecule has 0 amide bonds. The molecule has 0 aliphatic rings. The standard InChI is InChI=1S/C5H6ClNO/c6-4-1-5(3-8)7-2-4/h1-2,7-8H,3H2. The van der Waals surface area contributed by atoms with Gasteiger partial charge in [0, 0.05) is 11.9 Å². The van der Waals surface area contributed by atoms with Crippen molar-refractivity contribution in [3.05, 3.63) is 23.0 Å². The van der Waals surface area contributed by atoms with Gasteiger partial charge in [0.25, 0.3) is 0 Å². The van der Waals surface area contributed by atoms with E-state index in [1.54, 1.807) is 12.3 Å². The second kappa shape index (κ2) is 2.20. The first kappa shape index (κ1) is 5.66. The van der Waals surface area contributed by atoms with E-state index in [-0.39, 0.29) is 6.61 Å². The summed E-state index contributed by atoms with van der Waals surface area (Å²) in [5.41, 5.74) is 0.745. The molecular formula is C5H6ClNO. The highest BCUT2D eigenvalue weighted by molar-refractivity contribution is 6.30. The molecule has 0 aliphatic carbocycles. The molecule has 0 saturated heterocycles. The minimum atomic E-state index is 0.0206. The molecule has 1 heterocycles. The number of rotatable bonds is 1. The van der Waals surface area contributed by atoms with Gasteiger partial charge in [0.05, 0.1) is 11.6 Å². The summed E-state index contributed by atoms with van der Waals surface area (Å²) < 4.78 is 0. The molecule has 1 aromatic rings. The number of hydrogen-bond donors (Lipinski definition) is 2. The van der Waals surface area contributed by atoms with E-state index in [0.717, 1.165) is 5.69 Å². The normalized spacial score (nSPS) is 9.75. The Morgan fingerprint density at radius 1 is 1.75 bits per heavy atom. The number of aromatic amines is 1. The first-order valence-corrected chi connectivity index (χ1v) is 2.64. The quantitative estimate of drug-likeness (QED) is 0.590. The van der Waals surface area contributed by atoms with Crippen molar-refractivity contribution in [2.24, 2.45) is 0 Å². The van der Waals surface area contributed by atoms with Gasteiger partial charge in [0.15, 0.2) is 0 Å². The molecule has 0 unspecified atom stereocenters. The summed E-state index contributed by atoms with van der Waals surface area (Å²) in [6.07, 6.45) is 1.63. The zero-order valence-electron chi connectivity index (χ0n) is 4.19. The van der Waals surface area contributed by atoms with Crippen LogP contribution in [0.15, 0.2) is 12.3 Å². The van der Waals surface area contributed by atoms with Gasteiger partial charge in [-0.1, -0.05) is 11.6 Å². The number of H-pyrrole nitrogens is 1. The number of aliphatic hydroxyl groups is 1. The molecule has 0 spiro atoms. The maximum absolute atomic E-state index is 8.46. The van der Waals surface area contributed by atoms with Crippen LogP contribution >= 0.6 is 11.6 Å². The van der Waals surface area contributed by atoms with Crippen LogP contribution in [0.3, 0.4) is 0 Å². The summed E-state index contributed by atoms with van der Waals surface area (Å²) in [4.78, 5) is 2.77. The molecule has 1 rings (SSSR count). The molecule has 0 atom stereocenters. The minimum absolute atomic E-state index is 0.0206. The number of aliphatic hydroxyl groups excluding tert-OH is 1. The van der Waals surface area contributed by atoms with Crippen molar-refractivity contribution in [3.8, 4) is 0 Å². The second-order valence-electron chi connectivity index (χ2n) is 1.50. The van der Waals surface area contributed by atoms with E-state index in [1.807, 2.05) is 0 Å². The van der Waals surface area contributed by atoms with Crippen LogP contribution in [-0.4, -0.2) is 10.1 Å². The largest absolute Gasteiger partial charge is 0.390 e. The van der Waals surface area contributed by atoms with Gasteiger partial charge in [-0.25, -0.2) is 0 Å². The average Bonchev–Trinajstić information content (AvgIpc) is 2.14. The van der Waals surface area contributed by atoms with Crippen LogP contribution in [0.5, 0.6) is 0 Å². The predicted octanol–water partition coefficient (Wildman–Crippen LogP) is 1.16. The fraction of sp³-hybridized carbons (Fsp3) is 0.200. The van der Waals surface area contributed by atoms with Gasteiger partial charge in [-0.2, -0.15) is 0 Å². The van der Waals surface area contributed by atoms with Crippen LogP contribution in [0.2, 0.25) is 5.02 Å². The first-order valence-electron chi connectivity index (χ1n) is 2.26. The van der Waals surface area contributed by atoms with Crippen molar-refractivity contribution in [2.75, 3.05) is 0 Å². The van der Waals surface area contributed by atoms with Crippen molar-refractivity contribution in [1.29, 1.82) is 0 Å². The van der Waals surface area contributed by atoms with Crippen LogP contribution in [0.4, 0.5) is 0 Å². The minimum Gasteiger partial charge on any atom is -0.390 e. The highest BCUT2D eigenvalue weighted by Gasteiger charge is 1.90. The summed E-state index contributed by atoms with van der Waals surface area (Å²) in [6.45, 7) is 0.0206. The number of halogens is 1. The van der Waals surface area contributed by atoms with Crippen molar-refractivity contribution in [1.82, 2.24) is 4.98 Å². The molecule has 2 nitrogen and oxygen atoms in total. The molecule has 8 heavy (non-hydrogen) atoms. The van der Waals surface area contributed by atoms with Gasteiger partial charge >= 0.3 is 0 Å². The van der Waals surface area contributed by atoms with Crippen LogP contribution < -0.4 is 0 Å². The van der Waals surface area contributed by atoms with E-state index >= 15 is 0 Å². The van der Waals surface area contributed by atoms with Crippen molar-refractivity contribution in [3.63, 3.8) is 0 Å². The molecule has 0 radical (unpaired) electrons. The molecule has 2 N–H and O–H groups in total. The highest BCUT2D eigenvalue weighted by atomic mass is 35.5. The molecule has 0 aromatic carbocycles. The monoisotopic (exact) mass is 131 g/mol. The topological polar surface area (TPSA) is 36.0 Å². The number of nitrogens with one attached hydrogen (secondary N) is 1. The van der Waals surface area contributed by atoms with Gasteiger partial charge in [-0.3, -0.25) is 0 Å². The van der Waals surface area contributed by atoms with Gasteiger partial charge in [0.1, 0.15) is 0 Å². The van der Waals surface area contributed by atoms with E-state index in [4.69, 9.17) is 16.7 Å². The summed E-state index contributed by atoms with van der Waals surface area (Å²) in [7, 11) is 0. The second-order valence-corrected chi connectivity index (χ2v) is 1.94. The summed E-state index contributed by atoms with van der Waals surface area (Å²) in [5.74, 6) is 0. The van der Waals surface area contributed by atoms with E-state index in [9.17, 15) is 0 Å². The molecule has 44 valence electrons. The molecule has 0 bridgehead atoms. The van der Waals surface area contributed by atoms with Crippen molar-refractivity contribution in [2.45, 2.75) is 6.61 Å². The van der Waals surface area contributed by atoms with Crippen LogP contribution in [0.25, 0.3) is 0 Å². The van der Waals surface area contributed by atoms with Gasteiger partial charge in [-0.15, -0.1) is 0 Å². The fourth-order valence-electron chi connectivity index (χ4n) is 0.503. The Bertz CT molecular complexity index is 173. The molecular weight excluding hydrogens is 126 g/mol. The maximum atomic E-state index is 8.46. The molecule has 3 heteroatoms. The number of aromatic nitrogens is 1. The van der Waals surface area contributed by atoms with Crippen molar-refractivity contribution >= 4 is 11.6 Å². The third-order valence-corrected chi connectivity index (χ3v) is 1.10. The third kappa shape index (κ3) is 1.02. The van der Waals surface area contributed by atoms with E-state index < -0.39 is 0 Å². The molecule has 0 saturated carbocycles. The number of hydrogen-bond acceptors (Lipinski definition) is 1. The average molecular weight is 132 g/mol. The molecule has 0 fully saturated rings. The third-order valence-electron chi connectivity index (χ3n) is 0.878. The smallest absolute Gasteiger partial charge is 0.0831 e. The predicted molar refractivity (Wildman–Crippen MR) is 31.7 cm³/mol. The SMILES string of the molecule is OCc1cc(Cl)c[nH]1. The Kier molecular flexibility index (Phi) is 1.56. The Hall–Kier alpha value is -0.470. The van der Waals surface area contributed by atoms with Crippen LogP contribution in [0, 0.1) is 0 Å². The van der Waals surface area contributed by atoms with Crippen LogP contribution in [-0.2, 0) is 6.61 Å². The highest BCUT2D eigenvalue weighted by Crippen LogP contribution is 2.08. The zero-order valence-corrected chi connectivity index (χ0v) is 4.94. The lowest BCUT2D eigenvalue weighted by Crippen LogP contribution is -1.77. The van der Waals surface area contributed by atoms with E-state index in [2.05, 4.69) is 4.98 Å². The van der Waals surface area contributed by atoms with E-state index in [0.29, 0.717) is 5.02 Å². The van der Waals surface area contributed by atoms with E-state index in [1.165, 1.54) is 0 Å². The Morgan fingerprint density at radius 2 is 2.50 bits per heavy atom. The maximum Gasteiger partial charge on any atom is 0.0831 e. The zero-order chi connectivity index (χ0) is 5.98. The molecule has 0 aliphatic heterocycles. The lowest BCUT2D eigenvalue weighted by Gasteiger charge is -1.81. The Labute approximate surface area is 52.1 Å². The van der Waals surface area contributed by atoms with Gasteiger partial charge in [-0.05, 0) is 6.07 Å². The van der Waals surface area contributed by atoms with Gasteiger partial charge in [0.2, 0.25) is 0 Å². The first-order chi connectivity index (χ1) is 3.83. The fourth-order valence-corrected chi connectivity index (χ4v) is 0.689. The van der Waals surface area contributed by atoms with Crippen LogP contribution in [0.1, 0.15) is 5.69 Å². The van der Waals surface area contributed by atoms with Gasteiger partial charge < -0.3 is 10.1 Å².